The first-order chi connectivity index (χ1) is 10.1. The van der Waals surface area contributed by atoms with E-state index in [1.807, 2.05) is 32.0 Å². The molecule has 3 rings (SSSR count). The molecule has 5 nitrogen and oxygen atoms in total. The fourth-order valence-electron chi connectivity index (χ4n) is 2.86. The first kappa shape index (κ1) is 13.5. The molecule has 0 bridgehead atoms. The van der Waals surface area contributed by atoms with Crippen LogP contribution in [-0.4, -0.2) is 23.2 Å². The largest absolute Gasteiger partial charge is 0.447 e. The SMILES string of the molecule is CC(C)OC(=O)N[C@H]1Cc2[nH]c3ccc(C#N)cc3c2C1. The number of carbonyl (C=O) groups excluding carboxylic acids is 1. The average Bonchev–Trinajstić information content (AvgIpc) is 2.94. The maximum Gasteiger partial charge on any atom is 0.407 e. The standard InChI is InChI=1S/C16H17N3O2/c1-9(2)21-16(20)18-11-6-13-12-5-10(8-17)3-4-14(12)19-15(13)7-11/h3-5,9,11,19H,6-7H2,1-2H3,(H,18,20)/t11-/m1/s1. The molecule has 1 aromatic carbocycles. The summed E-state index contributed by atoms with van der Waals surface area (Å²) in [5.41, 5.74) is 4.02. The molecule has 0 aliphatic heterocycles. The predicted molar refractivity (Wildman–Crippen MR) is 79.0 cm³/mol. The fraction of sp³-hybridized carbons (Fsp3) is 0.375. The monoisotopic (exact) mass is 283 g/mol. The van der Waals surface area contributed by atoms with Crippen LogP contribution in [-0.2, 0) is 17.6 Å². The number of nitriles is 1. The van der Waals surface area contributed by atoms with E-state index >= 15 is 0 Å². The van der Waals surface area contributed by atoms with Crippen LogP contribution >= 0.6 is 0 Å². The molecule has 1 aliphatic rings. The third-order valence-corrected chi connectivity index (χ3v) is 3.69. The van der Waals surface area contributed by atoms with Gasteiger partial charge in [-0.1, -0.05) is 0 Å². The van der Waals surface area contributed by atoms with Crippen LogP contribution in [0.15, 0.2) is 18.2 Å². The van der Waals surface area contributed by atoms with Gasteiger partial charge in [0, 0.05) is 29.1 Å². The van der Waals surface area contributed by atoms with Gasteiger partial charge < -0.3 is 15.0 Å². The quantitative estimate of drug-likeness (QED) is 0.889. The maximum absolute atomic E-state index is 11.7. The van der Waals surface area contributed by atoms with Gasteiger partial charge in [-0.3, -0.25) is 0 Å². The highest BCUT2D eigenvalue weighted by Crippen LogP contribution is 2.30. The minimum absolute atomic E-state index is 0.0487. The molecule has 2 N–H and O–H groups in total. The summed E-state index contributed by atoms with van der Waals surface area (Å²) in [6.45, 7) is 3.65. The Bertz CT molecular complexity index is 740. The molecule has 2 aromatic rings. The van der Waals surface area contributed by atoms with Crippen molar-refractivity contribution in [3.05, 3.63) is 35.0 Å². The molecule has 21 heavy (non-hydrogen) atoms. The Hall–Kier alpha value is -2.48. The second-order valence-corrected chi connectivity index (χ2v) is 5.66. The first-order valence-corrected chi connectivity index (χ1v) is 7.07. The molecule has 1 aromatic heterocycles. The zero-order valence-electron chi connectivity index (χ0n) is 12.1. The van der Waals surface area contributed by atoms with Gasteiger partial charge in [0.05, 0.1) is 17.7 Å². The summed E-state index contributed by atoms with van der Waals surface area (Å²) in [5, 5.41) is 13.0. The van der Waals surface area contributed by atoms with Crippen molar-refractivity contribution in [2.75, 3.05) is 0 Å². The number of nitrogens with zero attached hydrogens (tertiary/aromatic N) is 1. The number of hydrogen-bond acceptors (Lipinski definition) is 3. The number of ether oxygens (including phenoxy) is 1. The highest BCUT2D eigenvalue weighted by Gasteiger charge is 2.27. The number of amides is 1. The van der Waals surface area contributed by atoms with Gasteiger partial charge in [-0.25, -0.2) is 4.79 Å². The molecular formula is C16H17N3O2. The second-order valence-electron chi connectivity index (χ2n) is 5.66. The van der Waals surface area contributed by atoms with Crippen molar-refractivity contribution in [3.8, 4) is 6.07 Å². The third kappa shape index (κ3) is 2.57. The van der Waals surface area contributed by atoms with E-state index in [9.17, 15) is 4.79 Å². The van der Waals surface area contributed by atoms with Gasteiger partial charge in [0.1, 0.15) is 0 Å². The Kier molecular flexibility index (Phi) is 3.30. The summed E-state index contributed by atoms with van der Waals surface area (Å²) >= 11 is 0. The highest BCUT2D eigenvalue weighted by atomic mass is 16.6. The minimum atomic E-state index is -0.373. The highest BCUT2D eigenvalue weighted by molar-refractivity contribution is 5.86. The number of nitrogens with one attached hydrogen (secondary N) is 2. The van der Waals surface area contributed by atoms with Crippen molar-refractivity contribution in [3.63, 3.8) is 0 Å². The molecular weight excluding hydrogens is 266 g/mol. The normalized spacial score (nSPS) is 16.8. The van der Waals surface area contributed by atoms with Gasteiger partial charge in [0.25, 0.3) is 0 Å². The summed E-state index contributed by atoms with van der Waals surface area (Å²) in [5.74, 6) is 0. The molecule has 108 valence electrons. The first-order valence-electron chi connectivity index (χ1n) is 7.07. The van der Waals surface area contributed by atoms with Crippen LogP contribution in [0.2, 0.25) is 0 Å². The number of rotatable bonds is 2. The fourth-order valence-corrected chi connectivity index (χ4v) is 2.86. The van der Waals surface area contributed by atoms with Crippen LogP contribution in [0.1, 0.15) is 30.7 Å². The number of aromatic nitrogens is 1. The summed E-state index contributed by atoms with van der Waals surface area (Å²) in [7, 11) is 0. The minimum Gasteiger partial charge on any atom is -0.447 e. The lowest BCUT2D eigenvalue weighted by atomic mass is 10.1. The van der Waals surface area contributed by atoms with Gasteiger partial charge >= 0.3 is 6.09 Å². The van der Waals surface area contributed by atoms with Crippen LogP contribution in [0, 0.1) is 11.3 Å². The van der Waals surface area contributed by atoms with E-state index in [4.69, 9.17) is 10.00 Å². The van der Waals surface area contributed by atoms with Crippen molar-refractivity contribution in [1.29, 1.82) is 5.26 Å². The van der Waals surface area contributed by atoms with Crippen molar-refractivity contribution < 1.29 is 9.53 Å². The molecule has 1 aliphatic carbocycles. The van der Waals surface area contributed by atoms with Crippen LogP contribution in [0.4, 0.5) is 4.79 Å². The van der Waals surface area contributed by atoms with E-state index in [1.54, 1.807) is 0 Å². The Balaban J connectivity index is 1.79. The molecule has 0 unspecified atom stereocenters. The molecule has 0 fully saturated rings. The van der Waals surface area contributed by atoms with Crippen LogP contribution in [0.5, 0.6) is 0 Å². The molecule has 0 spiro atoms. The predicted octanol–water partition coefficient (Wildman–Crippen LogP) is 2.64. The van der Waals surface area contributed by atoms with Gasteiger partial charge in [-0.2, -0.15) is 5.26 Å². The maximum atomic E-state index is 11.7. The Morgan fingerprint density at radius 3 is 3.00 bits per heavy atom. The number of alkyl carbamates (subject to hydrolysis) is 1. The van der Waals surface area contributed by atoms with Crippen molar-refractivity contribution in [2.45, 2.75) is 38.8 Å². The Morgan fingerprint density at radius 1 is 1.48 bits per heavy atom. The molecule has 5 heteroatoms. The van der Waals surface area contributed by atoms with E-state index < -0.39 is 0 Å². The van der Waals surface area contributed by atoms with E-state index in [0.29, 0.717) is 5.56 Å². The van der Waals surface area contributed by atoms with Gasteiger partial charge in [0.15, 0.2) is 0 Å². The third-order valence-electron chi connectivity index (χ3n) is 3.69. The second kappa shape index (κ2) is 5.13. The zero-order chi connectivity index (χ0) is 15.0. The number of H-pyrrole nitrogens is 1. The van der Waals surface area contributed by atoms with Gasteiger partial charge in [-0.05, 0) is 44.0 Å². The molecule has 0 saturated carbocycles. The van der Waals surface area contributed by atoms with Crippen LogP contribution in [0.3, 0.4) is 0 Å². The lowest BCUT2D eigenvalue weighted by Crippen LogP contribution is -2.37. The van der Waals surface area contributed by atoms with Crippen LogP contribution in [0.25, 0.3) is 10.9 Å². The average molecular weight is 283 g/mol. The molecule has 0 radical (unpaired) electrons. The zero-order valence-corrected chi connectivity index (χ0v) is 12.1. The lowest BCUT2D eigenvalue weighted by Gasteiger charge is -2.14. The van der Waals surface area contributed by atoms with Crippen molar-refractivity contribution in [1.82, 2.24) is 10.3 Å². The van der Waals surface area contributed by atoms with Crippen molar-refractivity contribution >= 4 is 17.0 Å². The lowest BCUT2D eigenvalue weighted by molar-refractivity contribution is 0.112. The van der Waals surface area contributed by atoms with E-state index in [1.165, 1.54) is 5.56 Å². The van der Waals surface area contributed by atoms with Gasteiger partial charge in [-0.15, -0.1) is 0 Å². The Morgan fingerprint density at radius 2 is 2.29 bits per heavy atom. The Labute approximate surface area is 122 Å². The summed E-state index contributed by atoms with van der Waals surface area (Å²) < 4.78 is 5.11. The molecule has 1 amide bonds. The van der Waals surface area contributed by atoms with Crippen LogP contribution < -0.4 is 5.32 Å². The number of fused-ring (bicyclic) bond motifs is 3. The van der Waals surface area contributed by atoms with E-state index in [0.717, 1.165) is 29.4 Å². The number of aromatic amines is 1. The smallest absolute Gasteiger partial charge is 0.407 e. The topological polar surface area (TPSA) is 77.9 Å². The van der Waals surface area contributed by atoms with Gasteiger partial charge in [0.2, 0.25) is 0 Å². The number of carbonyl (C=O) groups is 1. The number of benzene rings is 1. The molecule has 0 saturated heterocycles. The van der Waals surface area contributed by atoms with E-state index in [2.05, 4.69) is 16.4 Å². The number of hydrogen-bond donors (Lipinski definition) is 2. The summed E-state index contributed by atoms with van der Waals surface area (Å²) in [4.78, 5) is 15.0. The van der Waals surface area contributed by atoms with Crippen molar-refractivity contribution in [2.24, 2.45) is 0 Å². The molecule has 1 heterocycles. The summed E-state index contributed by atoms with van der Waals surface area (Å²) in [6.07, 6.45) is 1.03. The summed E-state index contributed by atoms with van der Waals surface area (Å²) in [6, 6.07) is 7.85. The van der Waals surface area contributed by atoms with E-state index in [-0.39, 0.29) is 18.2 Å². The molecule has 1 atom stereocenters.